The van der Waals surface area contributed by atoms with Gasteiger partial charge < -0.3 is 9.47 Å². The summed E-state index contributed by atoms with van der Waals surface area (Å²) in [7, 11) is 3.43. The second kappa shape index (κ2) is 9.13. The topological polar surface area (TPSA) is 18.5 Å². The molecule has 0 spiro atoms. The Morgan fingerprint density at radius 1 is 0.485 bits per heavy atom. The van der Waals surface area contributed by atoms with Crippen molar-refractivity contribution in [1.29, 1.82) is 0 Å². The molecule has 0 aromatic heterocycles. The van der Waals surface area contributed by atoms with Gasteiger partial charge in [-0.15, -0.1) is 0 Å². The zero-order chi connectivity index (χ0) is 22.8. The molecule has 33 heavy (non-hydrogen) atoms. The van der Waals surface area contributed by atoms with E-state index in [1.165, 1.54) is 37.7 Å². The Hall–Kier alpha value is -3.56. The van der Waals surface area contributed by atoms with Gasteiger partial charge in [0.15, 0.2) is 0 Å². The fourth-order valence-electron chi connectivity index (χ4n) is 4.45. The summed E-state index contributed by atoms with van der Waals surface area (Å²) < 4.78 is 12.0. The van der Waals surface area contributed by atoms with Crippen molar-refractivity contribution in [3.8, 4) is 11.5 Å². The van der Waals surface area contributed by atoms with E-state index in [2.05, 4.69) is 101 Å². The molecule has 0 N–H and O–H groups in total. The van der Waals surface area contributed by atoms with Crippen molar-refractivity contribution in [1.82, 2.24) is 0 Å². The highest BCUT2D eigenvalue weighted by molar-refractivity contribution is 9.10. The predicted molar refractivity (Wildman–Crippen MR) is 144 cm³/mol. The summed E-state index contributed by atoms with van der Waals surface area (Å²) in [6.45, 7) is 0. The van der Waals surface area contributed by atoms with Crippen LogP contribution in [-0.2, 0) is 0 Å². The van der Waals surface area contributed by atoms with Gasteiger partial charge in [0.1, 0.15) is 11.5 Å². The molecule has 0 heterocycles. The molecular weight excluding hydrogens is 472 g/mol. The van der Waals surface area contributed by atoms with Crippen LogP contribution in [0.15, 0.2) is 108 Å². The first-order valence-corrected chi connectivity index (χ1v) is 11.6. The Morgan fingerprint density at radius 3 is 1.55 bits per heavy atom. The number of hydrogen-bond donors (Lipinski definition) is 0. The number of fused-ring (bicyclic) bond motifs is 6. The molecule has 3 heteroatoms. The van der Waals surface area contributed by atoms with Gasteiger partial charge in [-0.05, 0) is 48.9 Å². The summed E-state index contributed by atoms with van der Waals surface area (Å²) >= 11 is 3.64. The van der Waals surface area contributed by atoms with Gasteiger partial charge in [0.25, 0.3) is 0 Å². The molecule has 2 nitrogen and oxygen atoms in total. The van der Waals surface area contributed by atoms with E-state index < -0.39 is 0 Å². The average Bonchev–Trinajstić information content (AvgIpc) is 2.89. The predicted octanol–water partition coefficient (Wildman–Crippen LogP) is 8.77. The molecule has 0 bridgehead atoms. The van der Waals surface area contributed by atoms with Crippen LogP contribution in [0.1, 0.15) is 0 Å². The summed E-state index contributed by atoms with van der Waals surface area (Å²) in [6.07, 6.45) is 0. The van der Waals surface area contributed by atoms with E-state index >= 15 is 0 Å². The van der Waals surface area contributed by atoms with Gasteiger partial charge in [0, 0.05) is 16.2 Å². The van der Waals surface area contributed by atoms with E-state index in [9.17, 15) is 0 Å². The van der Waals surface area contributed by atoms with Gasteiger partial charge >= 0.3 is 0 Å². The summed E-state index contributed by atoms with van der Waals surface area (Å²) in [5.41, 5.74) is 0. The summed E-state index contributed by atoms with van der Waals surface area (Å²) in [4.78, 5) is 0. The van der Waals surface area contributed by atoms with Crippen molar-refractivity contribution in [2.45, 2.75) is 0 Å². The van der Waals surface area contributed by atoms with Crippen molar-refractivity contribution in [3.05, 3.63) is 108 Å². The minimum Gasteiger partial charge on any atom is -0.496 e. The molecule has 0 fully saturated rings. The number of ether oxygens (including phenoxy) is 2. The lowest BCUT2D eigenvalue weighted by Gasteiger charge is -2.12. The van der Waals surface area contributed by atoms with E-state index in [4.69, 9.17) is 9.47 Å². The monoisotopic (exact) mass is 494 g/mol. The number of halogens is 1. The molecule has 6 aromatic rings. The first kappa shape index (κ1) is 21.3. The van der Waals surface area contributed by atoms with Gasteiger partial charge in [-0.25, -0.2) is 0 Å². The molecule has 0 aliphatic rings. The maximum absolute atomic E-state index is 5.52. The highest BCUT2D eigenvalue weighted by Gasteiger charge is 2.11. The Morgan fingerprint density at radius 2 is 0.939 bits per heavy atom. The zero-order valence-electron chi connectivity index (χ0n) is 18.5. The number of methoxy groups -OCH3 is 2. The molecule has 0 radical (unpaired) electrons. The third kappa shape index (κ3) is 3.79. The molecular formula is C30H23BrO2. The quantitative estimate of drug-likeness (QED) is 0.224. The van der Waals surface area contributed by atoms with Crippen LogP contribution in [-0.4, -0.2) is 14.2 Å². The lowest BCUT2D eigenvalue weighted by Crippen LogP contribution is -1.88. The molecule has 162 valence electrons. The van der Waals surface area contributed by atoms with Gasteiger partial charge in [-0.1, -0.05) is 97.1 Å². The largest absolute Gasteiger partial charge is 0.496 e. The van der Waals surface area contributed by atoms with Gasteiger partial charge in [-0.3, -0.25) is 0 Å². The van der Waals surface area contributed by atoms with Crippen LogP contribution in [0.2, 0.25) is 0 Å². The third-order valence-electron chi connectivity index (χ3n) is 5.98. The van der Waals surface area contributed by atoms with Crippen LogP contribution in [0.5, 0.6) is 11.5 Å². The molecule has 6 rings (SSSR count). The van der Waals surface area contributed by atoms with Crippen molar-refractivity contribution in [2.24, 2.45) is 0 Å². The van der Waals surface area contributed by atoms with Gasteiger partial charge in [0.2, 0.25) is 0 Å². The molecule has 0 aliphatic heterocycles. The first-order valence-electron chi connectivity index (χ1n) is 10.8. The van der Waals surface area contributed by atoms with Crippen LogP contribution < -0.4 is 9.47 Å². The lowest BCUT2D eigenvalue weighted by atomic mass is 10.0. The van der Waals surface area contributed by atoms with Crippen molar-refractivity contribution in [3.63, 3.8) is 0 Å². The number of hydrogen-bond acceptors (Lipinski definition) is 2. The van der Waals surface area contributed by atoms with E-state index in [0.717, 1.165) is 21.4 Å². The molecule has 0 atom stereocenters. The molecule has 0 saturated heterocycles. The Bertz CT molecular complexity index is 1600. The van der Waals surface area contributed by atoms with Crippen molar-refractivity contribution in [2.75, 3.05) is 14.2 Å². The van der Waals surface area contributed by atoms with Crippen molar-refractivity contribution >= 4 is 59.0 Å². The second-order valence-corrected chi connectivity index (χ2v) is 8.58. The van der Waals surface area contributed by atoms with Gasteiger partial charge in [-0.2, -0.15) is 0 Å². The molecule has 0 aliphatic carbocycles. The SMILES string of the molecule is COc1c(Br)c2ccccc2c2ccccc12.COc1cc2ccccc2c2ccccc12. The Kier molecular flexibility index (Phi) is 5.89. The maximum Gasteiger partial charge on any atom is 0.141 e. The zero-order valence-corrected chi connectivity index (χ0v) is 20.1. The lowest BCUT2D eigenvalue weighted by molar-refractivity contribution is 0.418. The maximum atomic E-state index is 5.52. The molecule has 0 saturated carbocycles. The van der Waals surface area contributed by atoms with E-state index in [1.807, 2.05) is 18.2 Å². The minimum atomic E-state index is 0.902. The fourth-order valence-corrected chi connectivity index (χ4v) is 5.18. The Balaban J connectivity index is 0.000000139. The molecule has 6 aromatic carbocycles. The first-order chi connectivity index (χ1) is 16.2. The van der Waals surface area contributed by atoms with Crippen LogP contribution >= 0.6 is 15.9 Å². The van der Waals surface area contributed by atoms with Crippen LogP contribution in [0.4, 0.5) is 0 Å². The number of benzene rings is 6. The third-order valence-corrected chi connectivity index (χ3v) is 6.77. The number of rotatable bonds is 2. The highest BCUT2D eigenvalue weighted by atomic mass is 79.9. The molecule has 0 amide bonds. The smallest absolute Gasteiger partial charge is 0.141 e. The van der Waals surface area contributed by atoms with Crippen LogP contribution in [0, 0.1) is 0 Å². The molecule has 0 unspecified atom stereocenters. The standard InChI is InChI=1S/C15H11BrO.C15H12O/c1-17-15-13-9-5-3-7-11(13)10-6-2-4-8-12(10)14(15)16;1-16-15-10-11-6-2-3-7-12(11)13-8-4-5-9-14(13)15/h2-9H,1H3;2-10H,1H3. The van der Waals surface area contributed by atoms with E-state index in [0.29, 0.717) is 0 Å². The van der Waals surface area contributed by atoms with Crippen LogP contribution in [0.3, 0.4) is 0 Å². The van der Waals surface area contributed by atoms with Crippen molar-refractivity contribution < 1.29 is 9.47 Å². The Labute approximate surface area is 201 Å². The van der Waals surface area contributed by atoms with Crippen LogP contribution in [0.25, 0.3) is 43.1 Å². The average molecular weight is 495 g/mol. The summed E-state index contributed by atoms with van der Waals surface area (Å²) in [6, 6.07) is 35.5. The van der Waals surface area contributed by atoms with Gasteiger partial charge in [0.05, 0.1) is 18.7 Å². The van der Waals surface area contributed by atoms with E-state index in [1.54, 1.807) is 14.2 Å². The minimum absolute atomic E-state index is 0.902. The fraction of sp³-hybridized carbons (Fsp3) is 0.0667. The summed E-state index contributed by atoms with van der Waals surface area (Å²) in [5.74, 6) is 1.84. The summed E-state index contributed by atoms with van der Waals surface area (Å²) in [5, 5.41) is 9.71. The normalized spacial score (nSPS) is 10.9. The second-order valence-electron chi connectivity index (χ2n) is 7.78. The highest BCUT2D eigenvalue weighted by Crippen LogP contribution is 2.41. The van der Waals surface area contributed by atoms with E-state index in [-0.39, 0.29) is 0 Å².